The Morgan fingerprint density at radius 1 is 1.31 bits per heavy atom. The lowest BCUT2D eigenvalue weighted by Gasteiger charge is -2.18. The van der Waals surface area contributed by atoms with Gasteiger partial charge in [0.2, 0.25) is 0 Å². The third-order valence-electron chi connectivity index (χ3n) is 2.59. The minimum Gasteiger partial charge on any atom is -0.469 e. The van der Waals surface area contributed by atoms with E-state index in [1.165, 1.54) is 4.88 Å². The van der Waals surface area contributed by atoms with Crippen LogP contribution in [0.1, 0.15) is 30.5 Å². The smallest absolute Gasteiger partial charge is 0.105 e. The van der Waals surface area contributed by atoms with Crippen LogP contribution in [-0.4, -0.2) is 6.04 Å². The molecule has 0 saturated carbocycles. The molecule has 0 saturated heterocycles. The molecule has 86 valence electrons. The van der Waals surface area contributed by atoms with E-state index in [-0.39, 0.29) is 0 Å². The zero-order valence-corrected chi connectivity index (χ0v) is 10.5. The fourth-order valence-electron chi connectivity index (χ4n) is 1.84. The van der Waals surface area contributed by atoms with Gasteiger partial charge in [-0.25, -0.2) is 0 Å². The SMILES string of the molecule is CC(Cc1ccco1)N[C@@H](C)c1cccs1. The van der Waals surface area contributed by atoms with Gasteiger partial charge < -0.3 is 9.73 Å². The monoisotopic (exact) mass is 235 g/mol. The molecule has 2 nitrogen and oxygen atoms in total. The number of nitrogens with one attached hydrogen (secondary N) is 1. The highest BCUT2D eigenvalue weighted by molar-refractivity contribution is 7.10. The van der Waals surface area contributed by atoms with E-state index in [4.69, 9.17) is 4.42 Å². The summed E-state index contributed by atoms with van der Waals surface area (Å²) in [4.78, 5) is 1.38. The van der Waals surface area contributed by atoms with Gasteiger partial charge in [0.05, 0.1) is 6.26 Å². The van der Waals surface area contributed by atoms with Crippen molar-refractivity contribution in [2.75, 3.05) is 0 Å². The number of furan rings is 1. The minimum atomic E-state index is 0.407. The highest BCUT2D eigenvalue weighted by Crippen LogP contribution is 2.19. The first kappa shape index (κ1) is 11.4. The molecule has 0 aliphatic rings. The fraction of sp³-hybridized carbons (Fsp3) is 0.385. The Kier molecular flexibility index (Phi) is 3.80. The van der Waals surface area contributed by atoms with Crippen LogP contribution >= 0.6 is 11.3 Å². The predicted octanol–water partition coefficient (Wildman–Crippen LogP) is 3.62. The van der Waals surface area contributed by atoms with Crippen LogP contribution in [0.4, 0.5) is 0 Å². The largest absolute Gasteiger partial charge is 0.469 e. The summed E-state index contributed by atoms with van der Waals surface area (Å²) in [5.41, 5.74) is 0. The standard InChI is InChI=1S/C13H17NOS/c1-10(9-12-5-3-7-15-12)14-11(2)13-6-4-8-16-13/h3-8,10-11,14H,9H2,1-2H3/t10?,11-/m0/s1. The van der Waals surface area contributed by atoms with Gasteiger partial charge >= 0.3 is 0 Å². The molecule has 16 heavy (non-hydrogen) atoms. The first-order chi connectivity index (χ1) is 7.75. The molecule has 0 radical (unpaired) electrons. The molecule has 1 N–H and O–H groups in total. The zero-order chi connectivity index (χ0) is 11.4. The summed E-state index contributed by atoms with van der Waals surface area (Å²) in [6.45, 7) is 4.39. The second-order valence-electron chi connectivity index (χ2n) is 4.09. The molecule has 0 spiro atoms. The van der Waals surface area contributed by atoms with Crippen molar-refractivity contribution in [2.24, 2.45) is 0 Å². The maximum absolute atomic E-state index is 5.34. The van der Waals surface area contributed by atoms with Crippen molar-refractivity contribution in [3.8, 4) is 0 Å². The van der Waals surface area contributed by atoms with Gasteiger partial charge in [0.25, 0.3) is 0 Å². The van der Waals surface area contributed by atoms with Crippen molar-refractivity contribution in [3.05, 3.63) is 46.5 Å². The van der Waals surface area contributed by atoms with Crippen molar-refractivity contribution in [2.45, 2.75) is 32.4 Å². The quantitative estimate of drug-likeness (QED) is 0.856. The van der Waals surface area contributed by atoms with E-state index < -0.39 is 0 Å². The van der Waals surface area contributed by atoms with Crippen molar-refractivity contribution in [1.82, 2.24) is 5.32 Å². The van der Waals surface area contributed by atoms with Gasteiger partial charge in [0, 0.05) is 23.4 Å². The second-order valence-corrected chi connectivity index (χ2v) is 5.07. The van der Waals surface area contributed by atoms with Gasteiger partial charge in [-0.2, -0.15) is 0 Å². The second kappa shape index (κ2) is 5.32. The van der Waals surface area contributed by atoms with Crippen LogP contribution < -0.4 is 5.32 Å². The average Bonchev–Trinajstić information content (AvgIpc) is 2.88. The third kappa shape index (κ3) is 2.97. The molecule has 2 aromatic rings. The highest BCUT2D eigenvalue weighted by Gasteiger charge is 2.11. The van der Waals surface area contributed by atoms with E-state index in [1.54, 1.807) is 17.6 Å². The fourth-order valence-corrected chi connectivity index (χ4v) is 2.58. The number of rotatable bonds is 5. The molecule has 1 unspecified atom stereocenters. The van der Waals surface area contributed by atoms with Gasteiger partial charge in [-0.3, -0.25) is 0 Å². The molecule has 2 rings (SSSR count). The summed E-state index contributed by atoms with van der Waals surface area (Å²) >= 11 is 1.80. The minimum absolute atomic E-state index is 0.407. The molecule has 0 aliphatic heterocycles. The molecule has 0 aliphatic carbocycles. The Labute approximate surface area is 100 Å². The molecule has 2 atom stereocenters. The molecule has 0 amide bonds. The summed E-state index contributed by atoms with van der Waals surface area (Å²) in [6.07, 6.45) is 2.66. The Bertz CT molecular complexity index is 394. The number of hydrogen-bond acceptors (Lipinski definition) is 3. The van der Waals surface area contributed by atoms with Gasteiger partial charge in [-0.05, 0) is 37.4 Å². The van der Waals surface area contributed by atoms with Gasteiger partial charge in [0.15, 0.2) is 0 Å². The summed E-state index contributed by atoms with van der Waals surface area (Å²) in [5.74, 6) is 1.04. The topological polar surface area (TPSA) is 25.2 Å². The van der Waals surface area contributed by atoms with Gasteiger partial charge in [-0.1, -0.05) is 6.07 Å². The molecule has 3 heteroatoms. The van der Waals surface area contributed by atoms with Crippen LogP contribution in [-0.2, 0) is 6.42 Å². The Hall–Kier alpha value is -1.06. The van der Waals surface area contributed by atoms with Crippen molar-refractivity contribution in [1.29, 1.82) is 0 Å². The maximum atomic E-state index is 5.34. The predicted molar refractivity (Wildman–Crippen MR) is 67.7 cm³/mol. The van der Waals surface area contributed by atoms with Gasteiger partial charge in [0.1, 0.15) is 5.76 Å². The Morgan fingerprint density at radius 2 is 2.19 bits per heavy atom. The average molecular weight is 235 g/mol. The Morgan fingerprint density at radius 3 is 2.81 bits per heavy atom. The van der Waals surface area contributed by atoms with Crippen molar-refractivity contribution < 1.29 is 4.42 Å². The van der Waals surface area contributed by atoms with E-state index in [9.17, 15) is 0 Å². The first-order valence-electron chi connectivity index (χ1n) is 5.57. The van der Waals surface area contributed by atoms with Crippen LogP contribution in [0.15, 0.2) is 40.3 Å². The van der Waals surface area contributed by atoms with E-state index >= 15 is 0 Å². The summed E-state index contributed by atoms with van der Waals surface area (Å²) in [6, 6.07) is 9.05. The van der Waals surface area contributed by atoms with Crippen LogP contribution in [0.5, 0.6) is 0 Å². The zero-order valence-electron chi connectivity index (χ0n) is 9.64. The first-order valence-corrected chi connectivity index (χ1v) is 6.45. The van der Waals surface area contributed by atoms with Crippen LogP contribution in [0, 0.1) is 0 Å². The van der Waals surface area contributed by atoms with Crippen LogP contribution in [0.25, 0.3) is 0 Å². The van der Waals surface area contributed by atoms with Crippen LogP contribution in [0.3, 0.4) is 0 Å². The van der Waals surface area contributed by atoms with E-state index in [2.05, 4.69) is 36.7 Å². The molecular formula is C13H17NOS. The number of hydrogen-bond donors (Lipinski definition) is 1. The molecule has 2 aromatic heterocycles. The lowest BCUT2D eigenvalue weighted by Crippen LogP contribution is -2.30. The molecule has 2 heterocycles. The molecule has 0 fully saturated rings. The van der Waals surface area contributed by atoms with E-state index in [1.807, 2.05) is 12.1 Å². The lowest BCUT2D eigenvalue weighted by atomic mass is 10.1. The highest BCUT2D eigenvalue weighted by atomic mass is 32.1. The normalized spacial score (nSPS) is 14.9. The summed E-state index contributed by atoms with van der Waals surface area (Å²) in [7, 11) is 0. The number of thiophene rings is 1. The maximum Gasteiger partial charge on any atom is 0.105 e. The summed E-state index contributed by atoms with van der Waals surface area (Å²) < 4.78 is 5.34. The van der Waals surface area contributed by atoms with E-state index in [0.29, 0.717) is 12.1 Å². The molecule has 0 bridgehead atoms. The molecule has 0 aromatic carbocycles. The lowest BCUT2D eigenvalue weighted by molar-refractivity contribution is 0.431. The Balaban J connectivity index is 1.85. The molecular weight excluding hydrogens is 218 g/mol. The third-order valence-corrected chi connectivity index (χ3v) is 3.65. The van der Waals surface area contributed by atoms with E-state index in [0.717, 1.165) is 12.2 Å². The van der Waals surface area contributed by atoms with Crippen molar-refractivity contribution >= 4 is 11.3 Å². The van der Waals surface area contributed by atoms with Crippen molar-refractivity contribution in [3.63, 3.8) is 0 Å². The van der Waals surface area contributed by atoms with Gasteiger partial charge in [-0.15, -0.1) is 11.3 Å². The van der Waals surface area contributed by atoms with Crippen LogP contribution in [0.2, 0.25) is 0 Å². The summed E-state index contributed by atoms with van der Waals surface area (Å²) in [5, 5.41) is 5.69.